The zero-order valence-electron chi connectivity index (χ0n) is 14.4. The molecule has 8 nitrogen and oxygen atoms in total. The molecular formula is C16H24O8. The summed E-state index contributed by atoms with van der Waals surface area (Å²) in [5.74, 6) is -3.16. The van der Waals surface area contributed by atoms with E-state index in [-0.39, 0.29) is 13.2 Å². The number of esters is 4. The van der Waals surface area contributed by atoms with Crippen molar-refractivity contribution in [3.8, 4) is 0 Å². The summed E-state index contributed by atoms with van der Waals surface area (Å²) in [6.07, 6.45) is 0.723. The Morgan fingerprint density at radius 2 is 1.08 bits per heavy atom. The second kappa shape index (κ2) is 12.1. The van der Waals surface area contributed by atoms with Gasteiger partial charge in [0.05, 0.1) is 13.2 Å². The van der Waals surface area contributed by atoms with Crippen molar-refractivity contribution in [2.75, 3.05) is 13.2 Å². The van der Waals surface area contributed by atoms with E-state index >= 15 is 0 Å². The average Bonchev–Trinajstić information content (AvgIpc) is 2.55. The minimum atomic E-state index is -1.09. The van der Waals surface area contributed by atoms with Crippen LogP contribution in [0.5, 0.6) is 0 Å². The van der Waals surface area contributed by atoms with E-state index < -0.39 is 36.1 Å². The summed E-state index contributed by atoms with van der Waals surface area (Å²) in [6, 6.07) is 0. The lowest BCUT2D eigenvalue weighted by Gasteiger charge is -2.11. The zero-order valence-corrected chi connectivity index (χ0v) is 14.4. The molecule has 8 heteroatoms. The Morgan fingerprint density at radius 1 is 0.750 bits per heavy atom. The summed E-state index contributed by atoms with van der Waals surface area (Å²) >= 11 is 0. The maximum absolute atomic E-state index is 11.5. The predicted molar refractivity (Wildman–Crippen MR) is 82.7 cm³/mol. The Balaban J connectivity index is 4.27. The van der Waals surface area contributed by atoms with Crippen LogP contribution in [0.2, 0.25) is 0 Å². The van der Waals surface area contributed by atoms with Crippen molar-refractivity contribution in [1.29, 1.82) is 0 Å². The number of carbonyl (C=O) groups excluding carboxylic acids is 4. The van der Waals surface area contributed by atoms with Gasteiger partial charge in [-0.3, -0.25) is 0 Å². The van der Waals surface area contributed by atoms with Crippen LogP contribution in [-0.4, -0.2) is 49.3 Å². The standard InChI is InChI=1S/C16H24O8/c1-5-9-21-15(19)11(3)23-13(17)7-8-14(18)24-12(4)16(20)22-10-6-2/h7-8,11-12H,5-6,9-10H2,1-4H3/b8-7-. The van der Waals surface area contributed by atoms with Gasteiger partial charge in [-0.15, -0.1) is 0 Å². The van der Waals surface area contributed by atoms with E-state index in [1.807, 2.05) is 13.8 Å². The van der Waals surface area contributed by atoms with Gasteiger partial charge in [0.25, 0.3) is 0 Å². The maximum atomic E-state index is 11.5. The first-order valence-corrected chi connectivity index (χ1v) is 7.74. The Kier molecular flexibility index (Phi) is 10.9. The lowest BCUT2D eigenvalue weighted by atomic mass is 10.4. The predicted octanol–water partition coefficient (Wildman–Crippen LogP) is 1.31. The molecule has 0 N–H and O–H groups in total. The summed E-state index contributed by atoms with van der Waals surface area (Å²) in [5, 5.41) is 0. The van der Waals surface area contributed by atoms with Gasteiger partial charge in [0.2, 0.25) is 0 Å². The van der Waals surface area contributed by atoms with Gasteiger partial charge in [-0.05, 0) is 26.7 Å². The molecule has 0 amide bonds. The monoisotopic (exact) mass is 344 g/mol. The molecule has 24 heavy (non-hydrogen) atoms. The van der Waals surface area contributed by atoms with E-state index in [1.165, 1.54) is 13.8 Å². The molecule has 2 unspecified atom stereocenters. The van der Waals surface area contributed by atoms with Crippen LogP contribution in [-0.2, 0) is 38.1 Å². The van der Waals surface area contributed by atoms with E-state index in [2.05, 4.69) is 0 Å². The largest absolute Gasteiger partial charge is 0.463 e. The van der Waals surface area contributed by atoms with Crippen molar-refractivity contribution in [2.24, 2.45) is 0 Å². The Bertz CT molecular complexity index is 427. The first-order chi connectivity index (χ1) is 11.3. The summed E-state index contributed by atoms with van der Waals surface area (Å²) < 4.78 is 19.1. The molecule has 0 aromatic carbocycles. The van der Waals surface area contributed by atoms with Crippen LogP contribution in [0.1, 0.15) is 40.5 Å². The van der Waals surface area contributed by atoms with Gasteiger partial charge >= 0.3 is 23.9 Å². The Morgan fingerprint density at radius 3 is 1.38 bits per heavy atom. The highest BCUT2D eigenvalue weighted by Crippen LogP contribution is 2.00. The minimum absolute atomic E-state index is 0.231. The molecule has 0 aromatic rings. The smallest absolute Gasteiger partial charge is 0.347 e. The van der Waals surface area contributed by atoms with Gasteiger partial charge in [-0.2, -0.15) is 0 Å². The van der Waals surface area contributed by atoms with E-state index in [0.717, 1.165) is 12.2 Å². The summed E-state index contributed by atoms with van der Waals surface area (Å²) in [5.41, 5.74) is 0. The van der Waals surface area contributed by atoms with Gasteiger partial charge in [-0.1, -0.05) is 13.8 Å². The molecule has 0 heterocycles. The van der Waals surface area contributed by atoms with Gasteiger partial charge in [-0.25, -0.2) is 19.2 Å². The lowest BCUT2D eigenvalue weighted by molar-refractivity contribution is -0.164. The molecule has 0 aliphatic carbocycles. The van der Waals surface area contributed by atoms with Gasteiger partial charge in [0.1, 0.15) is 0 Å². The van der Waals surface area contributed by atoms with E-state index in [9.17, 15) is 19.2 Å². The minimum Gasteiger partial charge on any atom is -0.463 e. The highest BCUT2D eigenvalue weighted by Gasteiger charge is 2.19. The number of rotatable bonds is 10. The Hall–Kier alpha value is -2.38. The normalized spacial score (nSPS) is 13.0. The molecular weight excluding hydrogens is 320 g/mol. The third-order valence-electron chi connectivity index (χ3n) is 2.50. The highest BCUT2D eigenvalue weighted by molar-refractivity contribution is 5.93. The van der Waals surface area contributed by atoms with Gasteiger partial charge < -0.3 is 18.9 Å². The molecule has 0 saturated heterocycles. The molecule has 0 radical (unpaired) electrons. The molecule has 0 fully saturated rings. The van der Waals surface area contributed by atoms with E-state index in [1.54, 1.807) is 0 Å². The zero-order chi connectivity index (χ0) is 18.5. The molecule has 136 valence electrons. The number of hydrogen-bond acceptors (Lipinski definition) is 8. The summed E-state index contributed by atoms with van der Waals surface area (Å²) in [6.45, 7) is 6.83. The second-order valence-electron chi connectivity index (χ2n) is 4.83. The topological polar surface area (TPSA) is 105 Å². The van der Waals surface area contributed by atoms with Crippen molar-refractivity contribution in [2.45, 2.75) is 52.7 Å². The van der Waals surface area contributed by atoms with E-state index in [4.69, 9.17) is 18.9 Å². The number of carbonyl (C=O) groups is 4. The van der Waals surface area contributed by atoms with Crippen LogP contribution >= 0.6 is 0 Å². The van der Waals surface area contributed by atoms with Crippen LogP contribution in [0.25, 0.3) is 0 Å². The van der Waals surface area contributed by atoms with Crippen LogP contribution in [0.4, 0.5) is 0 Å². The van der Waals surface area contributed by atoms with Crippen LogP contribution in [0.15, 0.2) is 12.2 Å². The summed E-state index contributed by atoms with van der Waals surface area (Å²) in [4.78, 5) is 45.8. The Labute approximate surface area is 141 Å². The van der Waals surface area contributed by atoms with Gasteiger partial charge in [0, 0.05) is 12.2 Å². The lowest BCUT2D eigenvalue weighted by Crippen LogP contribution is -2.27. The van der Waals surface area contributed by atoms with Crippen molar-refractivity contribution in [3.63, 3.8) is 0 Å². The molecule has 0 rings (SSSR count). The molecule has 0 aliphatic heterocycles. The van der Waals surface area contributed by atoms with Crippen LogP contribution < -0.4 is 0 Å². The average molecular weight is 344 g/mol. The quantitative estimate of drug-likeness (QED) is 0.332. The molecule has 0 bridgehead atoms. The molecule has 0 aliphatic rings. The fraction of sp³-hybridized carbons (Fsp3) is 0.625. The summed E-state index contributed by atoms with van der Waals surface area (Å²) in [7, 11) is 0. The number of ether oxygens (including phenoxy) is 4. The molecule has 0 saturated carbocycles. The van der Waals surface area contributed by atoms with Crippen molar-refractivity contribution >= 4 is 23.9 Å². The molecule has 0 aromatic heterocycles. The fourth-order valence-corrected chi connectivity index (χ4v) is 1.30. The SMILES string of the molecule is CCCOC(=O)C(C)OC(=O)/C=C\C(=O)OC(C)C(=O)OCCC. The van der Waals surface area contributed by atoms with Crippen molar-refractivity contribution in [3.05, 3.63) is 12.2 Å². The van der Waals surface area contributed by atoms with E-state index in [0.29, 0.717) is 12.8 Å². The third kappa shape index (κ3) is 9.60. The highest BCUT2D eigenvalue weighted by atomic mass is 16.6. The number of hydrogen-bond donors (Lipinski definition) is 0. The molecule has 0 spiro atoms. The van der Waals surface area contributed by atoms with Gasteiger partial charge in [0.15, 0.2) is 12.2 Å². The van der Waals surface area contributed by atoms with Crippen molar-refractivity contribution in [1.82, 2.24) is 0 Å². The van der Waals surface area contributed by atoms with Crippen molar-refractivity contribution < 1.29 is 38.1 Å². The maximum Gasteiger partial charge on any atom is 0.347 e. The molecule has 2 atom stereocenters. The van der Waals surface area contributed by atoms with Crippen LogP contribution in [0.3, 0.4) is 0 Å². The van der Waals surface area contributed by atoms with Crippen LogP contribution in [0, 0.1) is 0 Å². The second-order valence-corrected chi connectivity index (χ2v) is 4.83. The third-order valence-corrected chi connectivity index (χ3v) is 2.50. The first kappa shape index (κ1) is 21.6. The fourth-order valence-electron chi connectivity index (χ4n) is 1.30. The first-order valence-electron chi connectivity index (χ1n) is 7.74.